The molecule has 8 nitrogen and oxygen atoms in total. The van der Waals surface area contributed by atoms with Crippen molar-refractivity contribution in [2.45, 2.75) is 18.5 Å². The lowest BCUT2D eigenvalue weighted by molar-refractivity contribution is -0.139. The summed E-state index contributed by atoms with van der Waals surface area (Å²) in [5.41, 5.74) is 2.51. The smallest absolute Gasteiger partial charge is 0.326 e. The normalized spacial score (nSPS) is 11.9. The van der Waals surface area contributed by atoms with E-state index in [0.29, 0.717) is 5.56 Å². The van der Waals surface area contributed by atoms with Crippen LogP contribution in [0, 0.1) is 0 Å². The predicted molar refractivity (Wildman–Crippen MR) is 146 cm³/mol. The van der Waals surface area contributed by atoms with Gasteiger partial charge in [-0.15, -0.1) is 0 Å². The number of pyridine rings is 1. The number of nitrogens with two attached hydrogens (primary N) is 1. The first kappa shape index (κ1) is 24.6. The number of carbonyl (C=O) groups excluding carboxylic acids is 1. The molecule has 38 heavy (non-hydrogen) atoms. The van der Waals surface area contributed by atoms with Gasteiger partial charge in [-0.05, 0) is 34.9 Å². The minimum absolute atomic E-state index is 0.00344. The Balaban J connectivity index is 1.47. The zero-order valence-electron chi connectivity index (χ0n) is 20.4. The number of nitrogen functional groups attached to an aromatic ring is 1. The van der Waals surface area contributed by atoms with Gasteiger partial charge < -0.3 is 20.8 Å². The van der Waals surface area contributed by atoms with Crippen molar-refractivity contribution < 1.29 is 14.7 Å². The molecule has 2 aromatic heterocycles. The fourth-order valence-corrected chi connectivity index (χ4v) is 4.77. The van der Waals surface area contributed by atoms with Crippen LogP contribution in [0.2, 0.25) is 0 Å². The van der Waals surface area contributed by atoms with Gasteiger partial charge in [0.05, 0.1) is 11.6 Å². The third-order valence-electron chi connectivity index (χ3n) is 6.58. The van der Waals surface area contributed by atoms with Gasteiger partial charge in [-0.25, -0.2) is 4.79 Å². The highest BCUT2D eigenvalue weighted by Crippen LogP contribution is 2.25. The molecule has 2 heterocycles. The Morgan fingerprint density at radius 3 is 2.08 bits per heavy atom. The molecule has 0 spiro atoms. The average Bonchev–Trinajstić information content (AvgIpc) is 3.25. The summed E-state index contributed by atoms with van der Waals surface area (Å²) in [7, 11) is 0. The van der Waals surface area contributed by atoms with Crippen LogP contribution in [-0.4, -0.2) is 32.3 Å². The summed E-state index contributed by atoms with van der Waals surface area (Å²) in [5.74, 6) is 4.05. The molecule has 5 aromatic rings. The Bertz CT molecular complexity index is 1620. The second-order valence-electron chi connectivity index (χ2n) is 9.01. The topological polar surface area (TPSA) is 119 Å². The maximum Gasteiger partial charge on any atom is 0.326 e. The van der Waals surface area contributed by atoms with Crippen LogP contribution in [0.15, 0.2) is 114 Å². The third-order valence-corrected chi connectivity index (χ3v) is 6.58. The molecule has 3 aromatic carbocycles. The van der Waals surface area contributed by atoms with E-state index in [-0.39, 0.29) is 12.0 Å². The SMILES string of the molecule is Nn1cc(C[C@H](NC(=O)c2cccn(C(c3ccccc3)c3ccccc3)c2=O)C(=O)O)c2ccccc21. The number of para-hydroxylation sites is 1. The van der Waals surface area contributed by atoms with Crippen LogP contribution in [0.4, 0.5) is 0 Å². The van der Waals surface area contributed by atoms with Crippen LogP contribution in [-0.2, 0) is 11.2 Å². The van der Waals surface area contributed by atoms with E-state index < -0.39 is 29.5 Å². The van der Waals surface area contributed by atoms with Crippen molar-refractivity contribution >= 4 is 22.8 Å². The Morgan fingerprint density at radius 1 is 0.842 bits per heavy atom. The van der Waals surface area contributed by atoms with Gasteiger partial charge in [0.15, 0.2) is 0 Å². The van der Waals surface area contributed by atoms with E-state index in [4.69, 9.17) is 5.84 Å². The highest BCUT2D eigenvalue weighted by molar-refractivity contribution is 5.96. The van der Waals surface area contributed by atoms with Crippen LogP contribution in [0.5, 0.6) is 0 Å². The monoisotopic (exact) mass is 506 g/mol. The van der Waals surface area contributed by atoms with Crippen LogP contribution >= 0.6 is 0 Å². The van der Waals surface area contributed by atoms with Crippen LogP contribution in [0.25, 0.3) is 10.9 Å². The summed E-state index contributed by atoms with van der Waals surface area (Å²) < 4.78 is 2.92. The van der Waals surface area contributed by atoms with Gasteiger partial charge >= 0.3 is 5.97 Å². The Hall–Kier alpha value is -5.11. The van der Waals surface area contributed by atoms with Crippen molar-refractivity contribution in [2.75, 3.05) is 5.84 Å². The number of hydrogen-bond acceptors (Lipinski definition) is 4. The second-order valence-corrected chi connectivity index (χ2v) is 9.01. The molecule has 1 atom stereocenters. The van der Waals surface area contributed by atoms with Gasteiger partial charge in [-0.2, -0.15) is 0 Å². The van der Waals surface area contributed by atoms with Crippen LogP contribution < -0.4 is 16.7 Å². The molecule has 5 rings (SSSR count). The van der Waals surface area contributed by atoms with Crippen LogP contribution in [0.3, 0.4) is 0 Å². The fraction of sp³-hybridized carbons (Fsp3) is 0.100. The summed E-state index contributed by atoms with van der Waals surface area (Å²) in [5, 5.41) is 13.2. The number of carboxylic acids is 1. The van der Waals surface area contributed by atoms with E-state index in [9.17, 15) is 19.5 Å². The van der Waals surface area contributed by atoms with Gasteiger partial charge in [0.2, 0.25) is 0 Å². The summed E-state index contributed by atoms with van der Waals surface area (Å²) in [6.07, 6.45) is 3.28. The minimum Gasteiger partial charge on any atom is -0.480 e. The number of carbonyl (C=O) groups is 2. The molecule has 0 aliphatic heterocycles. The van der Waals surface area contributed by atoms with Gasteiger partial charge in [0, 0.05) is 24.2 Å². The first-order chi connectivity index (χ1) is 18.4. The van der Waals surface area contributed by atoms with Gasteiger partial charge in [-0.3, -0.25) is 14.3 Å². The number of fused-ring (bicyclic) bond motifs is 1. The van der Waals surface area contributed by atoms with Crippen molar-refractivity contribution in [3.8, 4) is 0 Å². The first-order valence-corrected chi connectivity index (χ1v) is 12.1. The average molecular weight is 507 g/mol. The van der Waals surface area contributed by atoms with E-state index >= 15 is 0 Å². The highest BCUT2D eigenvalue weighted by atomic mass is 16.4. The molecular formula is C30H26N4O4. The third kappa shape index (κ3) is 4.79. The number of amides is 1. The quantitative estimate of drug-likeness (QED) is 0.278. The van der Waals surface area contributed by atoms with E-state index in [0.717, 1.165) is 22.0 Å². The Morgan fingerprint density at radius 2 is 1.45 bits per heavy atom. The number of benzene rings is 3. The van der Waals surface area contributed by atoms with Gasteiger partial charge in [0.25, 0.3) is 11.5 Å². The Labute approximate surface area is 218 Å². The highest BCUT2D eigenvalue weighted by Gasteiger charge is 2.26. The largest absolute Gasteiger partial charge is 0.480 e. The second kappa shape index (κ2) is 10.5. The molecule has 0 radical (unpaired) electrons. The van der Waals surface area contributed by atoms with Gasteiger partial charge in [-0.1, -0.05) is 78.9 Å². The minimum atomic E-state index is -1.26. The van der Waals surface area contributed by atoms with Gasteiger partial charge in [0.1, 0.15) is 11.6 Å². The fourth-order valence-electron chi connectivity index (χ4n) is 4.77. The van der Waals surface area contributed by atoms with Crippen molar-refractivity contribution in [3.05, 3.63) is 142 Å². The van der Waals surface area contributed by atoms with E-state index in [1.54, 1.807) is 18.5 Å². The standard InChI is InChI=1S/C30H26N4O4/c31-34-19-22(23-14-7-8-16-26(23)34)18-25(30(37)38)32-28(35)24-15-9-17-33(29(24)36)27(20-10-3-1-4-11-20)21-12-5-2-6-13-21/h1-17,19,25,27H,18,31H2,(H,32,35)(H,37,38)/t25-/m0/s1. The molecule has 0 saturated carbocycles. The molecule has 0 aliphatic rings. The number of carboxylic acid groups (broad SMARTS) is 1. The van der Waals surface area contributed by atoms with Crippen molar-refractivity contribution in [1.29, 1.82) is 0 Å². The Kier molecular flexibility index (Phi) is 6.78. The van der Waals surface area contributed by atoms with E-state index in [2.05, 4.69) is 5.32 Å². The summed E-state index contributed by atoms with van der Waals surface area (Å²) in [4.78, 5) is 39.0. The molecule has 0 fully saturated rings. The first-order valence-electron chi connectivity index (χ1n) is 12.1. The number of nitrogens with zero attached hydrogens (tertiary/aromatic N) is 2. The molecule has 8 heteroatoms. The lowest BCUT2D eigenvalue weighted by atomic mass is 9.98. The molecule has 0 saturated heterocycles. The van der Waals surface area contributed by atoms with Crippen molar-refractivity contribution in [3.63, 3.8) is 0 Å². The zero-order valence-corrected chi connectivity index (χ0v) is 20.4. The molecule has 0 aliphatic carbocycles. The van der Waals surface area contributed by atoms with E-state index in [1.165, 1.54) is 15.3 Å². The molecule has 0 unspecified atom stereocenters. The lowest BCUT2D eigenvalue weighted by Crippen LogP contribution is -2.44. The lowest BCUT2D eigenvalue weighted by Gasteiger charge is -2.22. The number of hydrogen-bond donors (Lipinski definition) is 3. The van der Waals surface area contributed by atoms with E-state index in [1.807, 2.05) is 84.9 Å². The number of rotatable bonds is 8. The predicted octanol–water partition coefficient (Wildman–Crippen LogP) is 3.58. The number of aromatic nitrogens is 2. The molecular weight excluding hydrogens is 480 g/mol. The summed E-state index contributed by atoms with van der Waals surface area (Å²) >= 11 is 0. The maximum absolute atomic E-state index is 13.6. The molecule has 0 bridgehead atoms. The summed E-state index contributed by atoms with van der Waals surface area (Å²) in [6, 6.07) is 27.7. The molecule has 1 amide bonds. The number of aliphatic carboxylic acids is 1. The number of nitrogens with one attached hydrogen (secondary N) is 1. The maximum atomic E-state index is 13.6. The molecule has 4 N–H and O–H groups in total. The zero-order chi connectivity index (χ0) is 26.6. The van der Waals surface area contributed by atoms with Crippen LogP contribution in [0.1, 0.15) is 33.1 Å². The molecule has 190 valence electrons. The van der Waals surface area contributed by atoms with Crippen molar-refractivity contribution in [2.24, 2.45) is 0 Å². The summed E-state index contributed by atoms with van der Waals surface area (Å²) in [6.45, 7) is 0. The van der Waals surface area contributed by atoms with Crippen molar-refractivity contribution in [1.82, 2.24) is 14.6 Å².